The summed E-state index contributed by atoms with van der Waals surface area (Å²) in [5, 5.41) is 0. The van der Waals surface area contributed by atoms with Crippen LogP contribution in [0.4, 0.5) is 0 Å². The summed E-state index contributed by atoms with van der Waals surface area (Å²) in [5.74, 6) is 0. The molecule has 1 aliphatic rings. The molecule has 1 rings (SSSR count). The van der Waals surface area contributed by atoms with Crippen LogP contribution in [0.2, 0.25) is 18.6 Å². The summed E-state index contributed by atoms with van der Waals surface area (Å²) in [4.78, 5) is 2.39. The molecule has 0 spiro atoms. The third kappa shape index (κ3) is 4.14. The average Bonchev–Trinajstić information content (AvgIpc) is 1.85. The van der Waals surface area contributed by atoms with Crippen LogP contribution in [0.3, 0.4) is 0 Å². The van der Waals surface area contributed by atoms with Gasteiger partial charge in [-0.3, -0.25) is 0 Å². The number of hydrogen-bond donors (Lipinski definition) is 0. The molecule has 0 saturated carbocycles. The van der Waals surface area contributed by atoms with Crippen LogP contribution in [0.15, 0.2) is 0 Å². The van der Waals surface area contributed by atoms with Gasteiger partial charge in [0, 0.05) is 0 Å². The molecule has 0 radical (unpaired) electrons. The Balaban J connectivity index is 0. The van der Waals surface area contributed by atoms with Crippen molar-refractivity contribution in [2.24, 2.45) is 0 Å². The SMILES string of the molecule is CN(C)C[Si]1(C)CCCCC1.[H-].[Li+]. The largest absolute Gasteiger partial charge is 1.00 e. The van der Waals surface area contributed by atoms with Crippen molar-refractivity contribution in [1.29, 1.82) is 0 Å². The Labute approximate surface area is 91.6 Å². The van der Waals surface area contributed by atoms with Crippen molar-refractivity contribution in [3.63, 3.8) is 0 Å². The van der Waals surface area contributed by atoms with Crippen molar-refractivity contribution in [1.82, 2.24) is 4.90 Å². The Morgan fingerprint density at radius 1 is 1.17 bits per heavy atom. The molecular weight excluding hydrogens is 157 g/mol. The van der Waals surface area contributed by atoms with Crippen LogP contribution < -0.4 is 18.9 Å². The van der Waals surface area contributed by atoms with Gasteiger partial charge in [0.2, 0.25) is 0 Å². The van der Waals surface area contributed by atoms with Crippen molar-refractivity contribution < 1.29 is 20.3 Å². The van der Waals surface area contributed by atoms with E-state index in [9.17, 15) is 0 Å². The molecule has 0 aromatic rings. The van der Waals surface area contributed by atoms with Gasteiger partial charge < -0.3 is 6.33 Å². The maximum Gasteiger partial charge on any atom is 1.00 e. The minimum Gasteiger partial charge on any atom is -1.00 e. The molecule has 0 aromatic heterocycles. The fourth-order valence-electron chi connectivity index (χ4n) is 2.33. The van der Waals surface area contributed by atoms with Gasteiger partial charge in [-0.2, -0.15) is 0 Å². The summed E-state index contributed by atoms with van der Waals surface area (Å²) in [5.41, 5.74) is 0. The first kappa shape index (κ1) is 12.8. The van der Waals surface area contributed by atoms with E-state index in [2.05, 4.69) is 25.5 Å². The second kappa shape index (κ2) is 5.49. The van der Waals surface area contributed by atoms with Crippen LogP contribution >= 0.6 is 0 Å². The smallest absolute Gasteiger partial charge is 1.00 e. The van der Waals surface area contributed by atoms with Crippen LogP contribution in [-0.4, -0.2) is 33.2 Å². The van der Waals surface area contributed by atoms with Crippen LogP contribution in [0.1, 0.15) is 20.7 Å². The molecule has 1 aliphatic heterocycles. The molecule has 1 nitrogen and oxygen atoms in total. The van der Waals surface area contributed by atoms with Gasteiger partial charge in [-0.25, -0.2) is 0 Å². The van der Waals surface area contributed by atoms with Gasteiger partial charge >= 0.3 is 18.9 Å². The first-order valence-corrected chi connectivity index (χ1v) is 7.89. The fourth-order valence-corrected chi connectivity index (χ4v) is 6.63. The standard InChI is InChI=1S/C9H21NSi.Li.H/c1-10(2)9-11(3)7-5-4-6-8-11;;/h4-9H2,1-3H3;;/q;+1;-1. The maximum atomic E-state index is 2.58. The minimum atomic E-state index is -0.774. The molecule has 0 unspecified atom stereocenters. The quantitative estimate of drug-likeness (QED) is 0.515. The summed E-state index contributed by atoms with van der Waals surface area (Å²) in [6.07, 6.45) is 5.93. The second-order valence-corrected chi connectivity index (χ2v) is 9.55. The molecule has 1 fully saturated rings. The number of rotatable bonds is 2. The average molecular weight is 179 g/mol. The van der Waals surface area contributed by atoms with Gasteiger partial charge in [-0.1, -0.05) is 37.9 Å². The normalized spacial score (nSPS) is 22.0. The van der Waals surface area contributed by atoms with Crippen molar-refractivity contribution in [2.45, 2.75) is 37.9 Å². The molecule has 0 aromatic carbocycles. The van der Waals surface area contributed by atoms with Gasteiger partial charge in [0.1, 0.15) is 0 Å². The molecule has 1 saturated heterocycles. The van der Waals surface area contributed by atoms with Gasteiger partial charge in [0.15, 0.2) is 0 Å². The Morgan fingerprint density at radius 3 is 2.08 bits per heavy atom. The third-order valence-corrected chi connectivity index (χ3v) is 7.28. The topological polar surface area (TPSA) is 3.24 Å². The van der Waals surface area contributed by atoms with Crippen molar-refractivity contribution in [3.05, 3.63) is 0 Å². The van der Waals surface area contributed by atoms with Gasteiger partial charge in [0.05, 0.1) is 8.07 Å². The molecule has 1 heterocycles. The van der Waals surface area contributed by atoms with Crippen molar-refractivity contribution in [2.75, 3.05) is 20.3 Å². The molecule has 12 heavy (non-hydrogen) atoms. The van der Waals surface area contributed by atoms with E-state index in [4.69, 9.17) is 0 Å². The first-order valence-electron chi connectivity index (χ1n) is 4.77. The van der Waals surface area contributed by atoms with E-state index in [1.807, 2.05) is 0 Å². The van der Waals surface area contributed by atoms with Crippen LogP contribution in [0.5, 0.6) is 0 Å². The Bertz CT molecular complexity index is 127. The van der Waals surface area contributed by atoms with E-state index in [-0.39, 0.29) is 20.3 Å². The van der Waals surface area contributed by atoms with Gasteiger partial charge in [-0.05, 0) is 20.3 Å². The summed E-state index contributed by atoms with van der Waals surface area (Å²) >= 11 is 0. The maximum absolute atomic E-state index is 2.58. The molecule has 0 amide bonds. The van der Waals surface area contributed by atoms with Crippen LogP contribution in [0.25, 0.3) is 0 Å². The summed E-state index contributed by atoms with van der Waals surface area (Å²) < 4.78 is 0. The van der Waals surface area contributed by atoms with Crippen molar-refractivity contribution >= 4 is 8.07 Å². The number of nitrogens with zero attached hydrogens (tertiary/aromatic N) is 1. The first-order chi connectivity index (χ1) is 5.12. The predicted octanol–water partition coefficient (Wildman–Crippen LogP) is -0.534. The molecule has 68 valence electrons. The molecule has 0 aliphatic carbocycles. The second-order valence-electron chi connectivity index (χ2n) is 4.61. The van der Waals surface area contributed by atoms with Crippen molar-refractivity contribution in [3.8, 4) is 0 Å². The Kier molecular flexibility index (Phi) is 5.85. The molecule has 3 heteroatoms. The molecule has 0 atom stereocenters. The zero-order valence-corrected chi connectivity index (χ0v) is 10.2. The van der Waals surface area contributed by atoms with E-state index in [0.29, 0.717) is 0 Å². The van der Waals surface area contributed by atoms with E-state index < -0.39 is 8.07 Å². The zero-order chi connectivity index (χ0) is 8.32. The number of hydrogen-bond acceptors (Lipinski definition) is 1. The van der Waals surface area contributed by atoms with E-state index in [1.165, 1.54) is 25.4 Å². The van der Waals surface area contributed by atoms with Gasteiger partial charge in [0.25, 0.3) is 0 Å². The van der Waals surface area contributed by atoms with E-state index in [1.54, 1.807) is 12.1 Å². The summed E-state index contributed by atoms with van der Waals surface area (Å²) in [6, 6.07) is 3.15. The summed E-state index contributed by atoms with van der Waals surface area (Å²) in [7, 11) is 3.66. The molecule has 0 bridgehead atoms. The molecular formula is C9H22LiNSi. The Morgan fingerprint density at radius 2 is 1.67 bits per heavy atom. The van der Waals surface area contributed by atoms with E-state index >= 15 is 0 Å². The zero-order valence-electron chi connectivity index (χ0n) is 10.2. The Hall–Kier alpha value is 0.774. The monoisotopic (exact) mass is 179 g/mol. The fraction of sp³-hybridized carbons (Fsp3) is 1.00. The van der Waals surface area contributed by atoms with Crippen LogP contribution in [-0.2, 0) is 0 Å². The van der Waals surface area contributed by atoms with Gasteiger partial charge in [-0.15, -0.1) is 0 Å². The molecule has 0 N–H and O–H groups in total. The summed E-state index contributed by atoms with van der Waals surface area (Å²) in [6.45, 7) is 2.58. The van der Waals surface area contributed by atoms with Crippen LogP contribution in [0, 0.1) is 0 Å². The minimum absolute atomic E-state index is 0. The van der Waals surface area contributed by atoms with E-state index in [0.717, 1.165) is 0 Å². The third-order valence-electron chi connectivity index (χ3n) is 2.76. The predicted molar refractivity (Wildman–Crippen MR) is 54.7 cm³/mol.